The first kappa shape index (κ1) is 28.6. The first-order valence-corrected chi connectivity index (χ1v) is 11.8. The summed E-state index contributed by atoms with van der Waals surface area (Å²) in [7, 11) is 0. The highest BCUT2D eigenvalue weighted by molar-refractivity contribution is 14.0. The number of hydrogen-bond donors (Lipinski definition) is 3. The molecule has 182 valence electrons. The normalized spacial score (nSPS) is 15.7. The minimum atomic E-state index is -0.0512. The van der Waals surface area contributed by atoms with Gasteiger partial charge < -0.3 is 20.7 Å². The van der Waals surface area contributed by atoms with Crippen LogP contribution >= 0.6 is 24.0 Å². The average molecular weight is 560 g/mol. The number of carbonyl (C=O) groups is 1. The zero-order valence-electron chi connectivity index (χ0n) is 20.2. The van der Waals surface area contributed by atoms with E-state index in [2.05, 4.69) is 53.8 Å². The van der Waals surface area contributed by atoms with E-state index in [0.717, 1.165) is 64.0 Å². The molecule has 8 heteroatoms. The van der Waals surface area contributed by atoms with Gasteiger partial charge in [-0.15, -0.1) is 24.0 Å². The summed E-state index contributed by atoms with van der Waals surface area (Å²) in [5, 5.41) is 9.66. The van der Waals surface area contributed by atoms with E-state index in [1.807, 2.05) is 12.1 Å². The van der Waals surface area contributed by atoms with E-state index >= 15 is 0 Å². The van der Waals surface area contributed by atoms with Gasteiger partial charge in [0, 0.05) is 44.8 Å². The minimum absolute atomic E-state index is 0. The largest absolute Gasteiger partial charge is 0.379 e. The number of halogens is 1. The molecule has 1 fully saturated rings. The summed E-state index contributed by atoms with van der Waals surface area (Å²) in [5.41, 5.74) is 2.05. The van der Waals surface area contributed by atoms with E-state index in [4.69, 9.17) is 9.73 Å². The molecule has 3 N–H and O–H groups in total. The number of benzene rings is 1. The van der Waals surface area contributed by atoms with E-state index in [1.54, 1.807) is 0 Å². The number of ether oxygens (including phenoxy) is 1. The molecule has 0 radical (unpaired) electrons. The third-order valence-corrected chi connectivity index (χ3v) is 5.87. The Balaban J connectivity index is 0.00000512. The average Bonchev–Trinajstić information content (AvgIpc) is 2.78. The first-order chi connectivity index (χ1) is 15.1. The number of carbonyl (C=O) groups excluding carboxylic acids is 1. The van der Waals surface area contributed by atoms with Crippen molar-refractivity contribution >= 4 is 41.5 Å². The molecule has 1 aliphatic rings. The number of rotatable bonds is 11. The van der Waals surface area contributed by atoms with Gasteiger partial charge in [-0.25, -0.2) is 0 Å². The maximum Gasteiger partial charge on any atom is 0.221 e. The minimum Gasteiger partial charge on any atom is -0.379 e. The molecular formula is C24H42IN5O2. The van der Waals surface area contributed by atoms with Crippen LogP contribution in [-0.4, -0.2) is 68.7 Å². The van der Waals surface area contributed by atoms with Gasteiger partial charge in [0.05, 0.1) is 19.8 Å². The molecule has 0 aliphatic carbocycles. The van der Waals surface area contributed by atoms with Gasteiger partial charge in [-0.2, -0.15) is 0 Å². The van der Waals surface area contributed by atoms with Crippen LogP contribution in [0.5, 0.6) is 0 Å². The predicted octanol–water partition coefficient (Wildman–Crippen LogP) is 3.50. The molecule has 1 aromatic rings. The molecule has 1 amide bonds. The van der Waals surface area contributed by atoms with Crippen LogP contribution in [-0.2, 0) is 16.0 Å². The van der Waals surface area contributed by atoms with Crippen LogP contribution < -0.4 is 16.0 Å². The molecule has 0 saturated carbocycles. The molecule has 1 aromatic carbocycles. The third kappa shape index (κ3) is 10.0. The molecule has 2 rings (SSSR count). The van der Waals surface area contributed by atoms with Crippen molar-refractivity contribution in [3.8, 4) is 0 Å². The highest BCUT2D eigenvalue weighted by Crippen LogP contribution is 2.20. The van der Waals surface area contributed by atoms with Crippen molar-refractivity contribution in [2.75, 3.05) is 51.3 Å². The lowest BCUT2D eigenvalue weighted by atomic mass is 9.92. The van der Waals surface area contributed by atoms with Gasteiger partial charge in [-0.3, -0.25) is 14.7 Å². The maximum atomic E-state index is 11.1. The number of nitrogens with zero attached hydrogens (tertiary/aromatic N) is 2. The number of morpholine rings is 1. The number of anilines is 1. The Bertz CT molecular complexity index is 673. The molecule has 0 spiro atoms. The molecule has 0 aromatic heterocycles. The summed E-state index contributed by atoms with van der Waals surface area (Å²) in [4.78, 5) is 18.7. The SMILES string of the molecule is CCNC(=NCC(C(CC)CC)N1CCOCC1)NCCc1ccc(NC(C)=O)cc1.I. The van der Waals surface area contributed by atoms with Gasteiger partial charge in [0.25, 0.3) is 0 Å². The van der Waals surface area contributed by atoms with Gasteiger partial charge in [-0.1, -0.05) is 38.8 Å². The number of aliphatic imine (C=N–C) groups is 1. The Morgan fingerprint density at radius 1 is 1.09 bits per heavy atom. The fourth-order valence-electron chi connectivity index (χ4n) is 4.11. The number of guanidine groups is 1. The second-order valence-electron chi connectivity index (χ2n) is 8.07. The fraction of sp³-hybridized carbons (Fsp3) is 0.667. The van der Waals surface area contributed by atoms with E-state index in [9.17, 15) is 4.79 Å². The Labute approximate surface area is 211 Å². The van der Waals surface area contributed by atoms with Crippen molar-refractivity contribution < 1.29 is 9.53 Å². The van der Waals surface area contributed by atoms with Crippen molar-refractivity contribution in [3.63, 3.8) is 0 Å². The van der Waals surface area contributed by atoms with Crippen LogP contribution in [0.15, 0.2) is 29.3 Å². The maximum absolute atomic E-state index is 11.1. The first-order valence-electron chi connectivity index (χ1n) is 11.8. The molecule has 1 unspecified atom stereocenters. The highest BCUT2D eigenvalue weighted by Gasteiger charge is 2.26. The lowest BCUT2D eigenvalue weighted by molar-refractivity contribution is -0.114. The van der Waals surface area contributed by atoms with Gasteiger partial charge >= 0.3 is 0 Å². The van der Waals surface area contributed by atoms with Gasteiger partial charge in [-0.05, 0) is 37.0 Å². The Kier molecular flexibility index (Phi) is 14.6. The van der Waals surface area contributed by atoms with E-state index in [-0.39, 0.29) is 29.9 Å². The van der Waals surface area contributed by atoms with Crippen molar-refractivity contribution in [2.45, 2.75) is 53.0 Å². The van der Waals surface area contributed by atoms with Crippen molar-refractivity contribution in [1.82, 2.24) is 15.5 Å². The quantitative estimate of drug-likeness (QED) is 0.220. The summed E-state index contributed by atoms with van der Waals surface area (Å²) < 4.78 is 5.56. The lowest BCUT2D eigenvalue weighted by Gasteiger charge is -2.38. The van der Waals surface area contributed by atoms with Crippen LogP contribution in [0.2, 0.25) is 0 Å². The van der Waals surface area contributed by atoms with Crippen LogP contribution in [0.1, 0.15) is 46.1 Å². The molecule has 1 saturated heterocycles. The zero-order chi connectivity index (χ0) is 22.5. The summed E-state index contributed by atoms with van der Waals surface area (Å²) >= 11 is 0. The second kappa shape index (κ2) is 16.3. The predicted molar refractivity (Wildman–Crippen MR) is 144 cm³/mol. The number of amides is 1. The third-order valence-electron chi connectivity index (χ3n) is 5.87. The molecule has 1 heterocycles. The van der Waals surface area contributed by atoms with Gasteiger partial charge in [0.1, 0.15) is 0 Å². The van der Waals surface area contributed by atoms with Crippen LogP contribution in [0.3, 0.4) is 0 Å². The number of nitrogens with one attached hydrogen (secondary N) is 3. The van der Waals surface area contributed by atoms with Crippen LogP contribution in [0, 0.1) is 5.92 Å². The van der Waals surface area contributed by atoms with Crippen molar-refractivity contribution in [3.05, 3.63) is 29.8 Å². The number of hydrogen-bond acceptors (Lipinski definition) is 4. The van der Waals surface area contributed by atoms with E-state index < -0.39 is 0 Å². The molecular weight excluding hydrogens is 517 g/mol. The summed E-state index contributed by atoms with van der Waals surface area (Å²) in [5.74, 6) is 1.47. The van der Waals surface area contributed by atoms with E-state index in [0.29, 0.717) is 12.0 Å². The molecule has 7 nitrogen and oxygen atoms in total. The van der Waals surface area contributed by atoms with Crippen LogP contribution in [0.25, 0.3) is 0 Å². The Morgan fingerprint density at radius 2 is 1.75 bits per heavy atom. The lowest BCUT2D eigenvalue weighted by Crippen LogP contribution is -2.49. The smallest absolute Gasteiger partial charge is 0.221 e. The topological polar surface area (TPSA) is 78.0 Å². The Hall–Kier alpha value is -1.39. The van der Waals surface area contributed by atoms with Crippen molar-refractivity contribution in [1.29, 1.82) is 0 Å². The molecule has 1 atom stereocenters. The standard InChI is InChI=1S/C24H41N5O2.HI/c1-5-21(6-2)23(29-14-16-31-17-15-29)18-27-24(25-7-3)26-13-12-20-8-10-22(11-9-20)28-19(4)30;/h8-11,21,23H,5-7,12-18H2,1-4H3,(H,28,30)(H2,25,26,27);1H. The van der Waals surface area contributed by atoms with Crippen molar-refractivity contribution in [2.24, 2.45) is 10.9 Å². The fourth-order valence-corrected chi connectivity index (χ4v) is 4.11. The summed E-state index contributed by atoms with van der Waals surface area (Å²) in [6.07, 6.45) is 3.24. The summed E-state index contributed by atoms with van der Waals surface area (Å²) in [6.45, 7) is 14.3. The van der Waals surface area contributed by atoms with Crippen LogP contribution in [0.4, 0.5) is 5.69 Å². The molecule has 1 aliphatic heterocycles. The van der Waals surface area contributed by atoms with E-state index in [1.165, 1.54) is 25.3 Å². The highest BCUT2D eigenvalue weighted by atomic mass is 127. The molecule has 32 heavy (non-hydrogen) atoms. The second-order valence-corrected chi connectivity index (χ2v) is 8.07. The molecule has 0 bridgehead atoms. The monoisotopic (exact) mass is 559 g/mol. The van der Waals surface area contributed by atoms with Gasteiger partial charge in [0.2, 0.25) is 5.91 Å². The Morgan fingerprint density at radius 3 is 2.31 bits per heavy atom. The van der Waals surface area contributed by atoms with Gasteiger partial charge in [0.15, 0.2) is 5.96 Å². The zero-order valence-corrected chi connectivity index (χ0v) is 22.5. The summed E-state index contributed by atoms with van der Waals surface area (Å²) in [6, 6.07) is 8.45.